The fourth-order valence-corrected chi connectivity index (χ4v) is 1.19. The SMILES string of the molecule is COc1c(N)cccc1C(=O)OC(C)C#N. The zero-order valence-electron chi connectivity index (χ0n) is 9.06. The summed E-state index contributed by atoms with van der Waals surface area (Å²) in [7, 11) is 1.41. The van der Waals surface area contributed by atoms with Gasteiger partial charge >= 0.3 is 5.97 Å². The number of nitrogen functional groups attached to an aromatic ring is 1. The molecule has 1 unspecified atom stereocenters. The number of para-hydroxylation sites is 1. The number of rotatable bonds is 3. The second-order valence-electron chi connectivity index (χ2n) is 3.10. The van der Waals surface area contributed by atoms with Gasteiger partial charge in [-0.25, -0.2) is 4.79 Å². The van der Waals surface area contributed by atoms with Crippen molar-refractivity contribution in [3.05, 3.63) is 23.8 Å². The van der Waals surface area contributed by atoms with E-state index in [2.05, 4.69) is 0 Å². The maximum atomic E-state index is 11.6. The van der Waals surface area contributed by atoms with Crippen LogP contribution in [0.25, 0.3) is 0 Å². The van der Waals surface area contributed by atoms with Crippen LogP contribution in [0.4, 0.5) is 5.69 Å². The van der Waals surface area contributed by atoms with E-state index in [-0.39, 0.29) is 11.3 Å². The highest BCUT2D eigenvalue weighted by atomic mass is 16.5. The lowest BCUT2D eigenvalue weighted by atomic mass is 10.1. The van der Waals surface area contributed by atoms with E-state index in [1.165, 1.54) is 20.1 Å². The molecule has 0 amide bonds. The minimum absolute atomic E-state index is 0.213. The van der Waals surface area contributed by atoms with Gasteiger partial charge in [-0.3, -0.25) is 0 Å². The average molecular weight is 220 g/mol. The third kappa shape index (κ3) is 2.42. The molecule has 1 aromatic rings. The predicted molar refractivity (Wildman–Crippen MR) is 57.9 cm³/mol. The van der Waals surface area contributed by atoms with E-state index >= 15 is 0 Å². The number of nitriles is 1. The number of esters is 1. The van der Waals surface area contributed by atoms with Crippen LogP contribution in [0.2, 0.25) is 0 Å². The van der Waals surface area contributed by atoms with E-state index in [0.717, 1.165) is 0 Å². The van der Waals surface area contributed by atoms with Gasteiger partial charge in [-0.15, -0.1) is 0 Å². The van der Waals surface area contributed by atoms with Crippen LogP contribution in [-0.4, -0.2) is 19.2 Å². The summed E-state index contributed by atoms with van der Waals surface area (Å²) in [5.74, 6) is -0.365. The van der Waals surface area contributed by atoms with Crippen molar-refractivity contribution in [2.24, 2.45) is 0 Å². The zero-order valence-corrected chi connectivity index (χ0v) is 9.06. The van der Waals surface area contributed by atoms with Crippen molar-refractivity contribution in [2.45, 2.75) is 13.0 Å². The van der Waals surface area contributed by atoms with Gasteiger partial charge in [-0.1, -0.05) is 6.07 Å². The summed E-state index contributed by atoms with van der Waals surface area (Å²) in [6, 6.07) is 6.56. The van der Waals surface area contributed by atoms with Crippen molar-refractivity contribution < 1.29 is 14.3 Å². The number of ether oxygens (including phenoxy) is 2. The van der Waals surface area contributed by atoms with Crippen LogP contribution in [0, 0.1) is 11.3 Å². The molecule has 84 valence electrons. The molecule has 1 aromatic carbocycles. The first-order valence-corrected chi connectivity index (χ1v) is 4.63. The highest BCUT2D eigenvalue weighted by molar-refractivity contribution is 5.94. The van der Waals surface area contributed by atoms with E-state index in [4.69, 9.17) is 20.5 Å². The molecule has 0 aliphatic heterocycles. The van der Waals surface area contributed by atoms with Gasteiger partial charge in [0.15, 0.2) is 11.9 Å². The second-order valence-corrected chi connectivity index (χ2v) is 3.10. The molecule has 5 heteroatoms. The lowest BCUT2D eigenvalue weighted by Gasteiger charge is -2.11. The first-order chi connectivity index (χ1) is 7.60. The molecule has 16 heavy (non-hydrogen) atoms. The molecule has 0 spiro atoms. The van der Waals surface area contributed by atoms with Gasteiger partial charge in [0, 0.05) is 0 Å². The van der Waals surface area contributed by atoms with E-state index in [9.17, 15) is 4.79 Å². The molecule has 0 aromatic heterocycles. The minimum atomic E-state index is -0.807. The summed E-state index contributed by atoms with van der Waals surface area (Å²) in [6.45, 7) is 1.48. The van der Waals surface area contributed by atoms with Crippen LogP contribution < -0.4 is 10.5 Å². The van der Waals surface area contributed by atoms with Crippen LogP contribution in [0.1, 0.15) is 17.3 Å². The molecule has 1 rings (SSSR count). The lowest BCUT2D eigenvalue weighted by Crippen LogP contribution is -2.14. The van der Waals surface area contributed by atoms with Crippen molar-refractivity contribution in [1.29, 1.82) is 5.26 Å². The van der Waals surface area contributed by atoms with Crippen LogP contribution >= 0.6 is 0 Å². The number of nitrogens with zero attached hydrogens (tertiary/aromatic N) is 1. The van der Waals surface area contributed by atoms with Gasteiger partial charge < -0.3 is 15.2 Å². The summed E-state index contributed by atoms with van der Waals surface area (Å²) < 4.78 is 9.85. The van der Waals surface area contributed by atoms with Crippen LogP contribution in [0.3, 0.4) is 0 Å². The predicted octanol–water partition coefficient (Wildman–Crippen LogP) is 1.35. The number of hydrogen-bond acceptors (Lipinski definition) is 5. The molecule has 1 atom stereocenters. The average Bonchev–Trinajstić information content (AvgIpc) is 2.28. The summed E-state index contributed by atoms with van der Waals surface area (Å²) in [5, 5.41) is 8.53. The van der Waals surface area contributed by atoms with Gasteiger partial charge in [-0.05, 0) is 19.1 Å². The third-order valence-electron chi connectivity index (χ3n) is 1.94. The van der Waals surface area contributed by atoms with E-state index in [1.54, 1.807) is 18.2 Å². The number of nitrogens with two attached hydrogens (primary N) is 1. The molecule has 0 radical (unpaired) electrons. The van der Waals surface area contributed by atoms with Gasteiger partial charge in [-0.2, -0.15) is 5.26 Å². The monoisotopic (exact) mass is 220 g/mol. The number of benzene rings is 1. The zero-order chi connectivity index (χ0) is 12.1. The lowest BCUT2D eigenvalue weighted by molar-refractivity contribution is 0.0432. The number of hydrogen-bond donors (Lipinski definition) is 1. The fourth-order valence-electron chi connectivity index (χ4n) is 1.19. The number of anilines is 1. The second kappa shape index (κ2) is 5.03. The van der Waals surface area contributed by atoms with E-state index < -0.39 is 12.1 Å². The highest BCUT2D eigenvalue weighted by Crippen LogP contribution is 2.26. The van der Waals surface area contributed by atoms with Crippen molar-refractivity contribution in [2.75, 3.05) is 12.8 Å². The summed E-state index contributed by atoms with van der Waals surface area (Å²) in [5.41, 5.74) is 6.20. The summed E-state index contributed by atoms with van der Waals surface area (Å²) in [4.78, 5) is 11.6. The third-order valence-corrected chi connectivity index (χ3v) is 1.94. The van der Waals surface area contributed by atoms with Crippen molar-refractivity contribution in [3.63, 3.8) is 0 Å². The van der Waals surface area contributed by atoms with Crippen molar-refractivity contribution in [1.82, 2.24) is 0 Å². The topological polar surface area (TPSA) is 85.3 Å². The van der Waals surface area contributed by atoms with Gasteiger partial charge in [0.2, 0.25) is 0 Å². The number of carbonyl (C=O) groups excluding carboxylic acids is 1. The fraction of sp³-hybridized carbons (Fsp3) is 0.273. The minimum Gasteiger partial charge on any atom is -0.494 e. The Morgan fingerprint density at radius 2 is 2.25 bits per heavy atom. The Balaban J connectivity index is 3.00. The Kier molecular flexibility index (Phi) is 3.72. The maximum absolute atomic E-state index is 11.6. The van der Waals surface area contributed by atoms with E-state index in [1.807, 2.05) is 0 Å². The smallest absolute Gasteiger partial charge is 0.343 e. The van der Waals surface area contributed by atoms with Crippen LogP contribution in [0.15, 0.2) is 18.2 Å². The van der Waals surface area contributed by atoms with Gasteiger partial charge in [0.05, 0.1) is 12.8 Å². The standard InChI is InChI=1S/C11H12N2O3/c1-7(6-12)16-11(14)8-4-3-5-9(13)10(8)15-2/h3-5,7H,13H2,1-2H3. The molecule has 2 N–H and O–H groups in total. The van der Waals surface area contributed by atoms with Crippen LogP contribution in [-0.2, 0) is 4.74 Å². The Bertz CT molecular complexity index is 437. The first kappa shape index (κ1) is 11.9. The molecule has 0 saturated carbocycles. The summed E-state index contributed by atoms with van der Waals surface area (Å²) in [6.07, 6.45) is -0.807. The Morgan fingerprint density at radius 1 is 1.56 bits per heavy atom. The largest absolute Gasteiger partial charge is 0.494 e. The molecule has 0 aliphatic rings. The summed E-state index contributed by atoms with van der Waals surface area (Å²) >= 11 is 0. The Labute approximate surface area is 93.4 Å². The number of methoxy groups -OCH3 is 1. The van der Waals surface area contributed by atoms with Crippen molar-refractivity contribution >= 4 is 11.7 Å². The number of carbonyl (C=O) groups is 1. The van der Waals surface area contributed by atoms with Crippen molar-refractivity contribution in [3.8, 4) is 11.8 Å². The molecule has 0 saturated heterocycles. The normalized spacial score (nSPS) is 11.3. The van der Waals surface area contributed by atoms with Gasteiger partial charge in [0.1, 0.15) is 11.6 Å². The molecule has 5 nitrogen and oxygen atoms in total. The molecular formula is C11H12N2O3. The molecule has 0 heterocycles. The molecule has 0 aliphatic carbocycles. The quantitative estimate of drug-likeness (QED) is 0.613. The highest BCUT2D eigenvalue weighted by Gasteiger charge is 2.17. The van der Waals surface area contributed by atoms with Crippen LogP contribution in [0.5, 0.6) is 5.75 Å². The first-order valence-electron chi connectivity index (χ1n) is 4.63. The molecular weight excluding hydrogens is 208 g/mol. The molecule has 0 bridgehead atoms. The van der Waals surface area contributed by atoms with E-state index in [0.29, 0.717) is 5.69 Å². The maximum Gasteiger partial charge on any atom is 0.343 e. The Hall–Kier alpha value is -2.22. The molecule has 0 fully saturated rings. The van der Waals surface area contributed by atoms with Gasteiger partial charge in [0.25, 0.3) is 0 Å². The Morgan fingerprint density at radius 3 is 2.81 bits per heavy atom.